The van der Waals surface area contributed by atoms with Crippen LogP contribution in [-0.2, 0) is 9.59 Å². The molecule has 58 heavy (non-hydrogen) atoms. The van der Waals surface area contributed by atoms with E-state index in [1.165, 1.54) is 12.3 Å². The van der Waals surface area contributed by atoms with Gasteiger partial charge in [-0.1, -0.05) is 12.1 Å². The van der Waals surface area contributed by atoms with E-state index in [9.17, 15) is 28.0 Å². The molecule has 15 heteroatoms. The quantitative estimate of drug-likeness (QED) is 0.153. The molecule has 0 spiro atoms. The van der Waals surface area contributed by atoms with Crippen molar-refractivity contribution in [1.29, 1.82) is 0 Å². The Morgan fingerprint density at radius 3 is 2.38 bits per heavy atom. The third-order valence-corrected chi connectivity index (χ3v) is 12.3. The predicted molar refractivity (Wildman–Crippen MR) is 209 cm³/mol. The molecule has 4 aliphatic rings. The first-order valence-electron chi connectivity index (χ1n) is 19.8. The van der Waals surface area contributed by atoms with Crippen molar-refractivity contribution in [2.45, 2.75) is 83.2 Å². The number of anilines is 1. The summed E-state index contributed by atoms with van der Waals surface area (Å²) in [6.45, 7) is 3.83. The summed E-state index contributed by atoms with van der Waals surface area (Å²) in [5, 5.41) is 3.49. The van der Waals surface area contributed by atoms with Crippen molar-refractivity contribution in [3.63, 3.8) is 0 Å². The average Bonchev–Trinajstić information content (AvgIpc) is 3.65. The minimum atomic E-state index is -2.75. The molecule has 9 rings (SSSR count). The number of aromatic nitrogens is 3. The Morgan fingerprint density at radius 2 is 1.66 bits per heavy atom. The number of amides is 4. The zero-order valence-electron chi connectivity index (χ0n) is 32.0. The van der Waals surface area contributed by atoms with Crippen LogP contribution in [0.25, 0.3) is 32.9 Å². The molecule has 1 unspecified atom stereocenters. The number of hydrogen-bond acceptors (Lipinski definition) is 9. The van der Waals surface area contributed by atoms with Crippen LogP contribution in [-0.4, -0.2) is 91.8 Å². The van der Waals surface area contributed by atoms with Gasteiger partial charge < -0.3 is 9.64 Å². The number of piperidine rings is 2. The number of pyridine rings is 2. The van der Waals surface area contributed by atoms with E-state index in [0.29, 0.717) is 69.8 Å². The summed E-state index contributed by atoms with van der Waals surface area (Å²) >= 11 is 0. The lowest BCUT2D eigenvalue weighted by atomic mass is 9.85. The van der Waals surface area contributed by atoms with Gasteiger partial charge in [0.25, 0.3) is 11.8 Å². The highest BCUT2D eigenvalue weighted by Gasteiger charge is 2.45. The molecular formula is C43H42F3N7O5. The maximum atomic E-state index is 15.7. The van der Waals surface area contributed by atoms with Crippen LogP contribution in [0.1, 0.15) is 79.6 Å². The van der Waals surface area contributed by atoms with E-state index < -0.39 is 42.0 Å². The summed E-state index contributed by atoms with van der Waals surface area (Å²) in [6.07, 6.45) is 8.12. The summed E-state index contributed by atoms with van der Waals surface area (Å²) in [5.41, 5.74) is 2.24. The van der Waals surface area contributed by atoms with Crippen molar-refractivity contribution in [1.82, 2.24) is 29.7 Å². The molecule has 1 aliphatic carbocycles. The van der Waals surface area contributed by atoms with Gasteiger partial charge in [-0.25, -0.2) is 9.37 Å². The lowest BCUT2D eigenvalue weighted by molar-refractivity contribution is -0.136. The number of nitrogens with one attached hydrogen (secondary N) is 1. The van der Waals surface area contributed by atoms with Crippen LogP contribution in [0.3, 0.4) is 0 Å². The topological polar surface area (TPSA) is 130 Å². The van der Waals surface area contributed by atoms with Crippen molar-refractivity contribution < 1.29 is 37.1 Å². The van der Waals surface area contributed by atoms with Gasteiger partial charge in [0.15, 0.2) is 11.6 Å². The second-order valence-corrected chi connectivity index (χ2v) is 16.0. The highest BCUT2D eigenvalue weighted by Crippen LogP contribution is 2.38. The van der Waals surface area contributed by atoms with Crippen LogP contribution in [0.4, 0.5) is 19.0 Å². The molecule has 4 amide bonds. The first kappa shape index (κ1) is 37.7. The van der Waals surface area contributed by atoms with Crippen molar-refractivity contribution in [2.75, 3.05) is 24.5 Å². The van der Waals surface area contributed by atoms with E-state index >= 15 is 4.39 Å². The van der Waals surface area contributed by atoms with E-state index in [4.69, 9.17) is 4.74 Å². The van der Waals surface area contributed by atoms with E-state index in [2.05, 4.69) is 34.0 Å². The standard InChI is InChI=1S/C43H42F3N7O5/c1-23(2)51(27-17-29(18-27)58-28-4-6-31-32(19-28)42(57)53(41(31)56)36-7-8-38(54)49-40(36)55)22-24-10-13-50(14-11-24)39-34(44)15-26(20-48-39)25-3-5-30-33-21-47-12-9-35(33)52(43(45)46)37(30)16-25/h3-6,9,12,15-16,19-21,23-24,27,29,36,43H,7-8,10-11,13-14,17-18,22H2,1-2H3,(H,49,54,55). The van der Waals surface area contributed by atoms with Crippen molar-refractivity contribution >= 4 is 51.3 Å². The maximum Gasteiger partial charge on any atom is 0.319 e. The molecule has 3 aromatic heterocycles. The molecule has 6 heterocycles. The Labute approximate surface area is 331 Å². The van der Waals surface area contributed by atoms with Crippen LogP contribution in [0, 0.1) is 11.7 Å². The van der Waals surface area contributed by atoms with Crippen molar-refractivity contribution in [2.24, 2.45) is 5.92 Å². The molecule has 1 saturated carbocycles. The molecule has 300 valence electrons. The highest BCUT2D eigenvalue weighted by molar-refractivity contribution is 6.23. The smallest absolute Gasteiger partial charge is 0.319 e. The second-order valence-electron chi connectivity index (χ2n) is 16.0. The van der Waals surface area contributed by atoms with Crippen molar-refractivity contribution in [3.8, 4) is 16.9 Å². The molecule has 5 aromatic rings. The van der Waals surface area contributed by atoms with E-state index in [1.807, 2.05) is 4.90 Å². The third-order valence-electron chi connectivity index (χ3n) is 12.3. The van der Waals surface area contributed by atoms with Gasteiger partial charge in [-0.05, 0) is 81.0 Å². The number of hydrogen-bond donors (Lipinski definition) is 1. The fourth-order valence-electron chi connectivity index (χ4n) is 9.13. The summed E-state index contributed by atoms with van der Waals surface area (Å²) in [6, 6.07) is 12.6. The Morgan fingerprint density at radius 1 is 0.879 bits per heavy atom. The van der Waals surface area contributed by atoms with Gasteiger partial charge in [0.2, 0.25) is 11.8 Å². The van der Waals surface area contributed by atoms with Crippen LogP contribution in [0.5, 0.6) is 5.75 Å². The Hall–Kier alpha value is -5.83. The Balaban J connectivity index is 0.795. The van der Waals surface area contributed by atoms with Gasteiger partial charge >= 0.3 is 6.55 Å². The number of carbonyl (C=O) groups is 4. The molecule has 3 aliphatic heterocycles. The SMILES string of the molecule is CC(C)N(CC1CCN(c2ncc(-c3ccc4c5cnccc5n(C(F)F)c4c3)cc2F)CC1)C1CC(Oc2ccc3c(c2)C(=O)N(C2CCC(=O)NC2=O)C3=O)C1. The molecule has 0 bridgehead atoms. The molecule has 2 saturated heterocycles. The fourth-order valence-corrected chi connectivity index (χ4v) is 9.13. The van der Waals surface area contributed by atoms with Gasteiger partial charge in [-0.2, -0.15) is 8.78 Å². The highest BCUT2D eigenvalue weighted by atomic mass is 19.3. The number of ether oxygens (including phenoxy) is 1. The minimum absolute atomic E-state index is 0.0582. The Bertz CT molecular complexity index is 2480. The van der Waals surface area contributed by atoms with Gasteiger partial charge in [0.1, 0.15) is 17.9 Å². The van der Waals surface area contributed by atoms with Crippen LogP contribution in [0.15, 0.2) is 67.1 Å². The van der Waals surface area contributed by atoms with Crippen LogP contribution >= 0.6 is 0 Å². The first-order valence-corrected chi connectivity index (χ1v) is 19.8. The average molecular weight is 794 g/mol. The second kappa shape index (κ2) is 14.8. The van der Waals surface area contributed by atoms with Gasteiger partial charge in [0, 0.05) is 85.9 Å². The number of nitrogens with zero attached hydrogens (tertiary/aromatic N) is 6. The number of fused-ring (bicyclic) bond motifs is 4. The summed E-state index contributed by atoms with van der Waals surface area (Å²) < 4.78 is 51.2. The van der Waals surface area contributed by atoms with Gasteiger partial charge in [0.05, 0.1) is 22.2 Å². The number of rotatable bonds is 10. The lowest BCUT2D eigenvalue weighted by Gasteiger charge is -2.46. The van der Waals surface area contributed by atoms with Gasteiger partial charge in [-0.3, -0.25) is 43.8 Å². The number of alkyl halides is 2. The molecule has 1 N–H and O–H groups in total. The molecular weight excluding hydrogens is 752 g/mol. The summed E-state index contributed by atoms with van der Waals surface area (Å²) in [4.78, 5) is 64.4. The van der Waals surface area contributed by atoms with Gasteiger partial charge in [-0.15, -0.1) is 0 Å². The zero-order chi connectivity index (χ0) is 40.4. The van der Waals surface area contributed by atoms with Crippen molar-refractivity contribution in [3.05, 3.63) is 84.1 Å². The molecule has 12 nitrogen and oxygen atoms in total. The monoisotopic (exact) mass is 793 g/mol. The zero-order valence-corrected chi connectivity index (χ0v) is 32.0. The third kappa shape index (κ3) is 6.64. The Kier molecular flexibility index (Phi) is 9.65. The molecule has 1 atom stereocenters. The first-order chi connectivity index (χ1) is 27.9. The molecule has 2 aromatic carbocycles. The molecule has 3 fully saturated rings. The molecule has 0 radical (unpaired) electrons. The number of imide groups is 2. The minimum Gasteiger partial charge on any atom is -0.490 e. The lowest BCUT2D eigenvalue weighted by Crippen LogP contribution is -2.54. The summed E-state index contributed by atoms with van der Waals surface area (Å²) in [5.74, 6) is -1.45. The van der Waals surface area contributed by atoms with E-state index in [0.717, 1.165) is 41.7 Å². The van der Waals surface area contributed by atoms with E-state index in [1.54, 1.807) is 54.9 Å². The fraction of sp³-hybridized carbons (Fsp3) is 0.395. The largest absolute Gasteiger partial charge is 0.490 e. The summed E-state index contributed by atoms with van der Waals surface area (Å²) in [7, 11) is 0. The van der Waals surface area contributed by atoms with E-state index in [-0.39, 0.29) is 35.9 Å². The maximum absolute atomic E-state index is 15.7. The predicted octanol–water partition coefficient (Wildman–Crippen LogP) is 6.72. The number of halogens is 3. The van der Waals surface area contributed by atoms with Crippen LogP contribution < -0.4 is 15.0 Å². The normalized spacial score (nSPS) is 21.5. The number of benzene rings is 2. The number of carbonyl (C=O) groups excluding carboxylic acids is 4. The van der Waals surface area contributed by atoms with Crippen LogP contribution in [0.2, 0.25) is 0 Å².